The number of nitrogens with one attached hydrogen (secondary N) is 1. The molecule has 1 amide bonds. The Balaban J connectivity index is 2.33. The van der Waals surface area contributed by atoms with Crippen LogP contribution in [-0.2, 0) is 9.53 Å². The van der Waals surface area contributed by atoms with Gasteiger partial charge in [0.2, 0.25) is 0 Å². The number of carbonyl (C=O) groups is 1. The van der Waals surface area contributed by atoms with Gasteiger partial charge in [-0.2, -0.15) is 0 Å². The Bertz CT molecular complexity index is 687. The molecule has 0 saturated carbocycles. The van der Waals surface area contributed by atoms with Crippen LogP contribution in [0.5, 0.6) is 5.75 Å². The molecule has 0 aliphatic rings. The predicted octanol–water partition coefficient (Wildman–Crippen LogP) is 3.78. The summed E-state index contributed by atoms with van der Waals surface area (Å²) in [7, 11) is 1.61. The maximum atomic E-state index is 12.7. The molecule has 23 heavy (non-hydrogen) atoms. The number of rotatable bonds is 7. The lowest BCUT2D eigenvalue weighted by Crippen LogP contribution is -2.42. The molecule has 0 aliphatic heterocycles. The van der Waals surface area contributed by atoms with Gasteiger partial charge in [0.1, 0.15) is 16.9 Å². The third-order valence-electron chi connectivity index (χ3n) is 3.98. The van der Waals surface area contributed by atoms with E-state index < -0.39 is 5.60 Å². The Hall–Kier alpha value is -2.14. The highest BCUT2D eigenvalue weighted by Gasteiger charge is 2.32. The van der Waals surface area contributed by atoms with E-state index in [1.165, 1.54) is 0 Å². The van der Waals surface area contributed by atoms with Crippen molar-refractivity contribution in [3.8, 4) is 5.75 Å². The molecule has 1 aromatic carbocycles. The van der Waals surface area contributed by atoms with Crippen LogP contribution in [0.1, 0.15) is 33.6 Å². The molecule has 1 atom stereocenters. The SMILES string of the molecule is CCCO[C@@](C)(CC)C(=O)Nc1ccc(OC)c2ncccc12. The minimum absolute atomic E-state index is 0.149. The molecule has 1 heterocycles. The van der Waals surface area contributed by atoms with Crippen LogP contribution in [0.4, 0.5) is 5.69 Å². The number of carbonyl (C=O) groups excluding carboxylic acids is 1. The summed E-state index contributed by atoms with van der Waals surface area (Å²) in [4.78, 5) is 17.0. The number of nitrogens with zero attached hydrogens (tertiary/aromatic N) is 1. The summed E-state index contributed by atoms with van der Waals surface area (Å²) in [6.45, 7) is 6.35. The van der Waals surface area contributed by atoms with E-state index in [0.29, 0.717) is 24.5 Å². The number of amides is 1. The summed E-state index contributed by atoms with van der Waals surface area (Å²) in [5, 5.41) is 3.82. The second kappa shape index (κ2) is 7.42. The largest absolute Gasteiger partial charge is 0.494 e. The molecule has 5 heteroatoms. The summed E-state index contributed by atoms with van der Waals surface area (Å²) in [5.41, 5.74) is 0.587. The molecule has 1 aromatic heterocycles. The van der Waals surface area contributed by atoms with E-state index >= 15 is 0 Å². The van der Waals surface area contributed by atoms with Gasteiger partial charge in [-0.05, 0) is 44.0 Å². The first-order valence-electron chi connectivity index (χ1n) is 7.92. The monoisotopic (exact) mass is 316 g/mol. The first-order chi connectivity index (χ1) is 11.1. The second-order valence-electron chi connectivity index (χ2n) is 5.60. The van der Waals surface area contributed by atoms with E-state index in [1.807, 2.05) is 39.0 Å². The summed E-state index contributed by atoms with van der Waals surface area (Å²) in [6, 6.07) is 7.39. The number of hydrogen-bond donors (Lipinski definition) is 1. The van der Waals surface area contributed by atoms with Crippen LogP contribution >= 0.6 is 0 Å². The standard InChI is InChI=1S/C18H24N2O3/c1-5-12-23-18(3,6-2)17(21)20-14-9-10-15(22-4)16-13(14)8-7-11-19-16/h7-11H,5-6,12H2,1-4H3,(H,20,21)/t18-/m0/s1. The number of fused-ring (bicyclic) bond motifs is 1. The maximum absolute atomic E-state index is 12.7. The van der Waals surface area contributed by atoms with Crippen LogP contribution in [0.15, 0.2) is 30.5 Å². The van der Waals surface area contributed by atoms with Crippen molar-refractivity contribution in [2.75, 3.05) is 19.0 Å². The third kappa shape index (κ3) is 3.62. The maximum Gasteiger partial charge on any atom is 0.256 e. The number of benzene rings is 1. The zero-order valence-electron chi connectivity index (χ0n) is 14.2. The first kappa shape index (κ1) is 17.2. The summed E-state index contributed by atoms with van der Waals surface area (Å²) in [6.07, 6.45) is 3.18. The fraction of sp³-hybridized carbons (Fsp3) is 0.444. The van der Waals surface area contributed by atoms with Crippen molar-refractivity contribution in [1.82, 2.24) is 4.98 Å². The van der Waals surface area contributed by atoms with Gasteiger partial charge in [-0.25, -0.2) is 0 Å². The number of aromatic nitrogens is 1. The van der Waals surface area contributed by atoms with Crippen molar-refractivity contribution >= 4 is 22.5 Å². The molecule has 0 radical (unpaired) electrons. The molecule has 0 aliphatic carbocycles. The molecule has 0 fully saturated rings. The second-order valence-corrected chi connectivity index (χ2v) is 5.60. The Morgan fingerprint density at radius 2 is 2.09 bits per heavy atom. The van der Waals surface area contributed by atoms with Crippen LogP contribution < -0.4 is 10.1 Å². The lowest BCUT2D eigenvalue weighted by Gasteiger charge is -2.27. The Kier molecular flexibility index (Phi) is 5.55. The first-order valence-corrected chi connectivity index (χ1v) is 7.92. The Morgan fingerprint density at radius 1 is 1.30 bits per heavy atom. The zero-order valence-corrected chi connectivity index (χ0v) is 14.2. The smallest absolute Gasteiger partial charge is 0.256 e. The zero-order chi connectivity index (χ0) is 16.9. The fourth-order valence-electron chi connectivity index (χ4n) is 2.33. The third-order valence-corrected chi connectivity index (χ3v) is 3.98. The van der Waals surface area contributed by atoms with Crippen LogP contribution in [0.2, 0.25) is 0 Å². The number of anilines is 1. The molecular formula is C18H24N2O3. The van der Waals surface area contributed by atoms with Crippen molar-refractivity contribution in [2.45, 2.75) is 39.2 Å². The normalized spacial score (nSPS) is 13.6. The molecule has 0 bridgehead atoms. The van der Waals surface area contributed by atoms with Crippen LogP contribution in [0.3, 0.4) is 0 Å². The van der Waals surface area contributed by atoms with Gasteiger partial charge in [0.05, 0.1) is 12.8 Å². The Labute approximate surface area is 137 Å². The predicted molar refractivity (Wildman–Crippen MR) is 91.9 cm³/mol. The fourth-order valence-corrected chi connectivity index (χ4v) is 2.33. The van der Waals surface area contributed by atoms with Gasteiger partial charge in [-0.3, -0.25) is 9.78 Å². The highest BCUT2D eigenvalue weighted by atomic mass is 16.5. The lowest BCUT2D eigenvalue weighted by atomic mass is 10.0. The van der Waals surface area contributed by atoms with Crippen molar-refractivity contribution < 1.29 is 14.3 Å². The number of hydrogen-bond acceptors (Lipinski definition) is 4. The van der Waals surface area contributed by atoms with Gasteiger partial charge >= 0.3 is 0 Å². The molecule has 0 spiro atoms. The molecule has 124 valence electrons. The van der Waals surface area contributed by atoms with Crippen molar-refractivity contribution in [1.29, 1.82) is 0 Å². The van der Waals surface area contributed by atoms with Crippen molar-refractivity contribution in [3.05, 3.63) is 30.5 Å². The van der Waals surface area contributed by atoms with E-state index in [9.17, 15) is 4.79 Å². The summed E-state index contributed by atoms with van der Waals surface area (Å²) >= 11 is 0. The van der Waals surface area contributed by atoms with Crippen molar-refractivity contribution in [2.24, 2.45) is 0 Å². The van der Waals surface area contributed by atoms with E-state index in [0.717, 1.165) is 17.3 Å². The average molecular weight is 316 g/mol. The number of methoxy groups -OCH3 is 1. The highest BCUT2D eigenvalue weighted by Crippen LogP contribution is 2.30. The van der Waals surface area contributed by atoms with Gasteiger partial charge in [0.25, 0.3) is 5.91 Å². The molecule has 0 unspecified atom stereocenters. The molecule has 1 N–H and O–H groups in total. The molecule has 2 aromatic rings. The number of pyridine rings is 1. The van der Waals surface area contributed by atoms with Crippen molar-refractivity contribution in [3.63, 3.8) is 0 Å². The lowest BCUT2D eigenvalue weighted by molar-refractivity contribution is -0.139. The van der Waals surface area contributed by atoms with Crippen LogP contribution in [0, 0.1) is 0 Å². The highest BCUT2D eigenvalue weighted by molar-refractivity contribution is 6.05. The molecular weight excluding hydrogens is 292 g/mol. The van der Waals surface area contributed by atoms with E-state index in [-0.39, 0.29) is 5.91 Å². The number of ether oxygens (including phenoxy) is 2. The van der Waals surface area contributed by atoms with Gasteiger partial charge in [0, 0.05) is 18.2 Å². The van der Waals surface area contributed by atoms with Crippen LogP contribution in [-0.4, -0.2) is 30.2 Å². The topological polar surface area (TPSA) is 60.5 Å². The molecule has 0 saturated heterocycles. The Morgan fingerprint density at radius 3 is 2.74 bits per heavy atom. The van der Waals surface area contributed by atoms with E-state index in [2.05, 4.69) is 10.3 Å². The quantitative estimate of drug-likeness (QED) is 0.844. The summed E-state index contributed by atoms with van der Waals surface area (Å²) < 4.78 is 11.1. The minimum Gasteiger partial charge on any atom is -0.494 e. The van der Waals surface area contributed by atoms with Gasteiger partial charge in [0.15, 0.2) is 0 Å². The van der Waals surface area contributed by atoms with Gasteiger partial charge in [-0.15, -0.1) is 0 Å². The molecule has 5 nitrogen and oxygen atoms in total. The van der Waals surface area contributed by atoms with Crippen LogP contribution in [0.25, 0.3) is 10.9 Å². The summed E-state index contributed by atoms with van der Waals surface area (Å²) in [5.74, 6) is 0.530. The van der Waals surface area contributed by atoms with Gasteiger partial charge in [-0.1, -0.05) is 13.8 Å². The van der Waals surface area contributed by atoms with Gasteiger partial charge < -0.3 is 14.8 Å². The molecule has 2 rings (SSSR count). The van der Waals surface area contributed by atoms with E-state index in [4.69, 9.17) is 9.47 Å². The average Bonchev–Trinajstić information content (AvgIpc) is 2.59. The van der Waals surface area contributed by atoms with E-state index in [1.54, 1.807) is 19.4 Å². The minimum atomic E-state index is -0.843.